The molecule has 2 rings (SSSR count). The predicted octanol–water partition coefficient (Wildman–Crippen LogP) is 1.68. The van der Waals surface area contributed by atoms with Crippen LogP contribution in [0.1, 0.15) is 29.8 Å². The third-order valence-electron chi connectivity index (χ3n) is 3.27. The van der Waals surface area contributed by atoms with Crippen LogP contribution >= 0.6 is 0 Å². The summed E-state index contributed by atoms with van der Waals surface area (Å²) in [6.07, 6.45) is 2.60. The van der Waals surface area contributed by atoms with Crippen LogP contribution in [0, 0.1) is 5.82 Å². The molecule has 5 nitrogen and oxygen atoms in total. The molecule has 1 unspecified atom stereocenters. The second-order valence-electron chi connectivity index (χ2n) is 4.52. The van der Waals surface area contributed by atoms with Crippen molar-refractivity contribution in [1.29, 1.82) is 0 Å². The number of hydrogen-bond donors (Lipinski definition) is 2. The van der Waals surface area contributed by atoms with Crippen LogP contribution in [0.3, 0.4) is 0 Å². The van der Waals surface area contributed by atoms with E-state index in [-0.39, 0.29) is 5.75 Å². The van der Waals surface area contributed by atoms with Gasteiger partial charge in [-0.3, -0.25) is 10.5 Å². The zero-order valence-electron chi connectivity index (χ0n) is 11.9. The van der Waals surface area contributed by atoms with Crippen LogP contribution in [0.5, 0.6) is 5.75 Å². The average Bonchev–Trinajstić information content (AvgIpc) is 2.82. The SMILES string of the molecule is CCc1nn(C)cc1C(NN)c1cccc(OC)c1F. The molecule has 0 bridgehead atoms. The van der Waals surface area contributed by atoms with E-state index in [0.29, 0.717) is 5.56 Å². The van der Waals surface area contributed by atoms with Gasteiger partial charge in [0.05, 0.1) is 18.8 Å². The fourth-order valence-corrected chi connectivity index (χ4v) is 2.32. The molecule has 0 amide bonds. The first kappa shape index (κ1) is 14.5. The molecule has 6 heteroatoms. The lowest BCUT2D eigenvalue weighted by atomic mass is 9.98. The number of hydrazine groups is 1. The van der Waals surface area contributed by atoms with Crippen LogP contribution in [0.2, 0.25) is 0 Å². The van der Waals surface area contributed by atoms with Crippen molar-refractivity contribution in [2.45, 2.75) is 19.4 Å². The van der Waals surface area contributed by atoms with Crippen molar-refractivity contribution in [3.63, 3.8) is 0 Å². The Morgan fingerprint density at radius 1 is 1.45 bits per heavy atom. The highest BCUT2D eigenvalue weighted by molar-refractivity contribution is 5.39. The summed E-state index contributed by atoms with van der Waals surface area (Å²) in [5.74, 6) is 5.42. The van der Waals surface area contributed by atoms with Gasteiger partial charge in [0.1, 0.15) is 0 Å². The molecule has 0 spiro atoms. The monoisotopic (exact) mass is 278 g/mol. The van der Waals surface area contributed by atoms with Crippen LogP contribution in [0.15, 0.2) is 24.4 Å². The van der Waals surface area contributed by atoms with E-state index in [2.05, 4.69) is 10.5 Å². The van der Waals surface area contributed by atoms with Gasteiger partial charge in [0.15, 0.2) is 11.6 Å². The molecule has 3 N–H and O–H groups in total. The van der Waals surface area contributed by atoms with Crippen LogP contribution in [-0.2, 0) is 13.5 Å². The Morgan fingerprint density at radius 3 is 2.80 bits per heavy atom. The molecule has 1 atom stereocenters. The highest BCUT2D eigenvalue weighted by Crippen LogP contribution is 2.30. The van der Waals surface area contributed by atoms with Crippen LogP contribution in [0.25, 0.3) is 0 Å². The lowest BCUT2D eigenvalue weighted by molar-refractivity contribution is 0.381. The van der Waals surface area contributed by atoms with Gasteiger partial charge in [0.2, 0.25) is 0 Å². The Labute approximate surface area is 117 Å². The number of halogens is 1. The summed E-state index contributed by atoms with van der Waals surface area (Å²) >= 11 is 0. The smallest absolute Gasteiger partial charge is 0.170 e. The number of benzene rings is 1. The average molecular weight is 278 g/mol. The second kappa shape index (κ2) is 6.02. The van der Waals surface area contributed by atoms with E-state index in [4.69, 9.17) is 10.6 Å². The molecular weight excluding hydrogens is 259 g/mol. The maximum atomic E-state index is 14.4. The molecular formula is C14H19FN4O. The fourth-order valence-electron chi connectivity index (χ4n) is 2.32. The largest absolute Gasteiger partial charge is 0.494 e. The number of aryl methyl sites for hydroxylation is 2. The molecule has 0 fully saturated rings. The molecule has 108 valence electrons. The molecule has 1 aromatic heterocycles. The van der Waals surface area contributed by atoms with E-state index in [1.54, 1.807) is 22.9 Å². The second-order valence-corrected chi connectivity index (χ2v) is 4.52. The Bertz CT molecular complexity index is 597. The fraction of sp³-hybridized carbons (Fsp3) is 0.357. The van der Waals surface area contributed by atoms with Gasteiger partial charge >= 0.3 is 0 Å². The number of ether oxygens (including phenoxy) is 1. The van der Waals surface area contributed by atoms with Gasteiger partial charge in [-0.15, -0.1) is 0 Å². The Kier molecular flexibility index (Phi) is 4.36. The van der Waals surface area contributed by atoms with Crippen LogP contribution in [-0.4, -0.2) is 16.9 Å². The van der Waals surface area contributed by atoms with Crippen LogP contribution < -0.4 is 16.0 Å². The van der Waals surface area contributed by atoms with Gasteiger partial charge < -0.3 is 4.74 Å². The summed E-state index contributed by atoms with van der Waals surface area (Å²) in [5, 5.41) is 4.36. The van der Waals surface area contributed by atoms with Gasteiger partial charge in [0, 0.05) is 24.4 Å². The van der Waals surface area contributed by atoms with Gasteiger partial charge in [-0.2, -0.15) is 5.10 Å². The van der Waals surface area contributed by atoms with E-state index in [9.17, 15) is 4.39 Å². The number of hydrogen-bond acceptors (Lipinski definition) is 4. The minimum atomic E-state index is -0.464. The highest BCUT2D eigenvalue weighted by atomic mass is 19.1. The van der Waals surface area contributed by atoms with E-state index < -0.39 is 11.9 Å². The summed E-state index contributed by atoms with van der Waals surface area (Å²) in [4.78, 5) is 0. The number of nitrogens with zero attached hydrogens (tertiary/aromatic N) is 2. The standard InChI is InChI=1S/C14H19FN4O/c1-4-11-10(8-19(2)18-11)14(17-16)9-6-5-7-12(20-3)13(9)15/h5-8,14,17H,4,16H2,1-3H3. The number of aromatic nitrogens is 2. The summed E-state index contributed by atoms with van der Waals surface area (Å²) in [6, 6.07) is 4.54. The minimum absolute atomic E-state index is 0.199. The number of nitrogens with two attached hydrogens (primary N) is 1. The van der Waals surface area contributed by atoms with Crippen LogP contribution in [0.4, 0.5) is 4.39 Å². The Balaban J connectivity index is 2.52. The first-order valence-electron chi connectivity index (χ1n) is 6.43. The predicted molar refractivity (Wildman–Crippen MR) is 74.7 cm³/mol. The van der Waals surface area contributed by atoms with E-state index in [1.165, 1.54) is 7.11 Å². The Morgan fingerprint density at radius 2 is 2.20 bits per heavy atom. The summed E-state index contributed by atoms with van der Waals surface area (Å²) in [5.41, 5.74) is 4.86. The number of methoxy groups -OCH3 is 1. The highest BCUT2D eigenvalue weighted by Gasteiger charge is 2.23. The zero-order valence-corrected chi connectivity index (χ0v) is 11.9. The van der Waals surface area contributed by atoms with Crippen molar-refractivity contribution in [2.24, 2.45) is 12.9 Å². The molecule has 0 aliphatic rings. The maximum absolute atomic E-state index is 14.4. The van der Waals surface area contributed by atoms with Gasteiger partial charge in [-0.05, 0) is 12.5 Å². The van der Waals surface area contributed by atoms with E-state index in [1.807, 2.05) is 20.2 Å². The maximum Gasteiger partial charge on any atom is 0.170 e. The third-order valence-corrected chi connectivity index (χ3v) is 3.27. The van der Waals surface area contributed by atoms with Crippen molar-refractivity contribution in [3.8, 4) is 5.75 Å². The van der Waals surface area contributed by atoms with Crippen molar-refractivity contribution in [3.05, 3.63) is 47.0 Å². The normalized spacial score (nSPS) is 12.4. The molecule has 2 aromatic rings. The zero-order chi connectivity index (χ0) is 14.7. The molecule has 1 heterocycles. The first-order chi connectivity index (χ1) is 9.62. The van der Waals surface area contributed by atoms with Crippen molar-refractivity contribution in [1.82, 2.24) is 15.2 Å². The van der Waals surface area contributed by atoms with Gasteiger partial charge in [0.25, 0.3) is 0 Å². The third kappa shape index (κ3) is 2.52. The van der Waals surface area contributed by atoms with E-state index in [0.717, 1.165) is 17.7 Å². The van der Waals surface area contributed by atoms with Crippen molar-refractivity contribution in [2.75, 3.05) is 7.11 Å². The van der Waals surface area contributed by atoms with Gasteiger partial charge in [-0.1, -0.05) is 19.1 Å². The topological polar surface area (TPSA) is 65.1 Å². The number of rotatable bonds is 5. The molecule has 0 aliphatic heterocycles. The lowest BCUT2D eigenvalue weighted by Crippen LogP contribution is -2.30. The summed E-state index contributed by atoms with van der Waals surface area (Å²) in [7, 11) is 3.27. The molecule has 0 saturated carbocycles. The molecule has 20 heavy (non-hydrogen) atoms. The lowest BCUT2D eigenvalue weighted by Gasteiger charge is -2.18. The quantitative estimate of drug-likeness (QED) is 0.645. The Hall–Kier alpha value is -1.92. The van der Waals surface area contributed by atoms with Crippen molar-refractivity contribution < 1.29 is 9.13 Å². The summed E-state index contributed by atoms with van der Waals surface area (Å²) < 4.78 is 21.1. The van der Waals surface area contributed by atoms with Crippen molar-refractivity contribution >= 4 is 0 Å². The molecule has 1 aromatic carbocycles. The molecule has 0 radical (unpaired) electrons. The summed E-state index contributed by atoms with van der Waals surface area (Å²) in [6.45, 7) is 2.00. The first-order valence-corrected chi connectivity index (χ1v) is 6.43. The minimum Gasteiger partial charge on any atom is -0.494 e. The number of nitrogens with one attached hydrogen (secondary N) is 1. The van der Waals surface area contributed by atoms with Gasteiger partial charge in [-0.25, -0.2) is 9.82 Å². The molecule has 0 saturated heterocycles. The van der Waals surface area contributed by atoms with E-state index >= 15 is 0 Å². The molecule has 0 aliphatic carbocycles.